The zero-order chi connectivity index (χ0) is 13.5. The fraction of sp³-hybridized carbons (Fsp3) is 0.412. The third-order valence-corrected chi connectivity index (χ3v) is 6.07. The molecular formula is C17H19BrO. The van der Waals surface area contributed by atoms with E-state index in [0.717, 1.165) is 18.6 Å². The van der Waals surface area contributed by atoms with Crippen LogP contribution in [0.3, 0.4) is 0 Å². The number of hydrogen-bond donors (Lipinski definition) is 0. The average molecular weight is 319 g/mol. The second kappa shape index (κ2) is 4.82. The Kier molecular flexibility index (Phi) is 3.30. The number of hydrogen-bond acceptors (Lipinski definition) is 1. The largest absolute Gasteiger partial charge is 0.489 e. The van der Waals surface area contributed by atoms with E-state index < -0.39 is 0 Å². The number of ether oxygens (including phenoxy) is 1. The summed E-state index contributed by atoms with van der Waals surface area (Å²) < 4.78 is 6.31. The van der Waals surface area contributed by atoms with Crippen molar-refractivity contribution in [2.75, 3.05) is 0 Å². The minimum absolute atomic E-state index is 0.247. The zero-order valence-electron chi connectivity index (χ0n) is 11.4. The number of halogens is 1. The van der Waals surface area contributed by atoms with Crippen molar-refractivity contribution in [1.82, 2.24) is 0 Å². The van der Waals surface area contributed by atoms with Gasteiger partial charge in [0.15, 0.2) is 0 Å². The molecule has 1 saturated carbocycles. The quantitative estimate of drug-likeness (QED) is 0.709. The Morgan fingerprint density at radius 3 is 2.68 bits per heavy atom. The van der Waals surface area contributed by atoms with Crippen LogP contribution in [0, 0.1) is 5.41 Å². The van der Waals surface area contributed by atoms with E-state index in [2.05, 4.69) is 72.2 Å². The van der Waals surface area contributed by atoms with Crippen LogP contribution in [0.4, 0.5) is 0 Å². The Hall–Kier alpha value is -1.02. The molecule has 0 spiro atoms. The van der Waals surface area contributed by atoms with Crippen molar-refractivity contribution in [3.8, 4) is 5.75 Å². The van der Waals surface area contributed by atoms with E-state index in [0.29, 0.717) is 10.9 Å². The van der Waals surface area contributed by atoms with Crippen molar-refractivity contribution in [2.45, 2.75) is 37.6 Å². The summed E-state index contributed by atoms with van der Waals surface area (Å²) in [6.07, 6.45) is 2.54. The lowest BCUT2D eigenvalue weighted by Gasteiger charge is -2.50. The summed E-state index contributed by atoms with van der Waals surface area (Å²) in [5.74, 6) is 1.02. The molecule has 0 bridgehead atoms. The van der Waals surface area contributed by atoms with Crippen molar-refractivity contribution in [1.29, 1.82) is 0 Å². The lowest BCUT2D eigenvalue weighted by atomic mass is 9.65. The smallest absolute Gasteiger partial charge is 0.127 e. The van der Waals surface area contributed by atoms with E-state index in [1.165, 1.54) is 10.8 Å². The van der Waals surface area contributed by atoms with Crippen molar-refractivity contribution in [3.63, 3.8) is 0 Å². The van der Waals surface area contributed by atoms with Crippen LogP contribution in [0.1, 0.15) is 26.7 Å². The maximum Gasteiger partial charge on any atom is 0.127 e. The van der Waals surface area contributed by atoms with E-state index in [1.807, 2.05) is 0 Å². The van der Waals surface area contributed by atoms with E-state index in [-0.39, 0.29) is 5.41 Å². The maximum atomic E-state index is 6.31. The normalized spacial score (nSPS) is 30.1. The van der Waals surface area contributed by atoms with Crippen LogP contribution >= 0.6 is 15.9 Å². The first kappa shape index (κ1) is 13.0. The molecule has 0 aliphatic heterocycles. The summed E-state index contributed by atoms with van der Waals surface area (Å²) >= 11 is 3.77. The van der Waals surface area contributed by atoms with E-state index in [1.54, 1.807) is 0 Å². The fourth-order valence-corrected chi connectivity index (χ4v) is 3.81. The van der Waals surface area contributed by atoms with E-state index >= 15 is 0 Å². The molecule has 1 aliphatic rings. The summed E-state index contributed by atoms with van der Waals surface area (Å²) in [4.78, 5) is 0.574. The highest BCUT2D eigenvalue weighted by atomic mass is 79.9. The van der Waals surface area contributed by atoms with Crippen LogP contribution in [-0.2, 0) is 0 Å². The van der Waals surface area contributed by atoms with Gasteiger partial charge in [0.05, 0.1) is 0 Å². The van der Waals surface area contributed by atoms with Crippen LogP contribution < -0.4 is 4.74 Å². The summed E-state index contributed by atoms with van der Waals surface area (Å²) in [5, 5.41) is 2.45. The molecule has 0 heterocycles. The van der Waals surface area contributed by atoms with Crippen molar-refractivity contribution in [2.24, 2.45) is 5.41 Å². The van der Waals surface area contributed by atoms with Crippen LogP contribution in [0.15, 0.2) is 42.5 Å². The molecule has 0 saturated heterocycles. The summed E-state index contributed by atoms with van der Waals surface area (Å²) in [7, 11) is 0. The highest BCUT2D eigenvalue weighted by Gasteiger charge is 2.50. The van der Waals surface area contributed by atoms with Crippen LogP contribution in [0.5, 0.6) is 5.75 Å². The first-order valence-corrected chi connectivity index (χ1v) is 7.85. The third kappa shape index (κ3) is 2.06. The summed E-state index contributed by atoms with van der Waals surface area (Å²) in [6, 6.07) is 14.7. The first-order chi connectivity index (χ1) is 9.15. The molecule has 3 unspecified atom stereocenters. The van der Waals surface area contributed by atoms with Gasteiger partial charge in [0.2, 0.25) is 0 Å². The molecule has 100 valence electrons. The van der Waals surface area contributed by atoms with Gasteiger partial charge in [-0.3, -0.25) is 0 Å². The molecule has 1 aliphatic carbocycles. The van der Waals surface area contributed by atoms with Crippen molar-refractivity contribution in [3.05, 3.63) is 42.5 Å². The second-order valence-corrected chi connectivity index (χ2v) is 6.75. The Labute approximate surface area is 123 Å². The van der Waals surface area contributed by atoms with E-state index in [4.69, 9.17) is 4.74 Å². The van der Waals surface area contributed by atoms with Crippen LogP contribution in [0.25, 0.3) is 10.8 Å². The number of benzene rings is 2. The van der Waals surface area contributed by atoms with Gasteiger partial charge in [-0.25, -0.2) is 0 Å². The molecule has 0 amide bonds. The minimum Gasteiger partial charge on any atom is -0.489 e. The average Bonchev–Trinajstić information content (AvgIpc) is 2.46. The minimum atomic E-state index is 0.247. The van der Waals surface area contributed by atoms with Gasteiger partial charge in [-0.05, 0) is 24.3 Å². The molecule has 0 N–H and O–H groups in total. The van der Waals surface area contributed by atoms with Gasteiger partial charge in [0, 0.05) is 15.6 Å². The SMILES string of the molecule is CCC1(C)C(Br)CC1Oc1cccc2ccccc12. The monoisotopic (exact) mass is 318 g/mol. The van der Waals surface area contributed by atoms with Crippen molar-refractivity contribution >= 4 is 26.7 Å². The molecule has 0 aromatic heterocycles. The molecule has 0 radical (unpaired) electrons. The van der Waals surface area contributed by atoms with Crippen LogP contribution in [-0.4, -0.2) is 10.9 Å². The molecule has 1 fully saturated rings. The molecule has 2 heteroatoms. The summed E-state index contributed by atoms with van der Waals surface area (Å²) in [5.41, 5.74) is 0.247. The van der Waals surface area contributed by atoms with Gasteiger partial charge in [-0.1, -0.05) is 66.2 Å². The van der Waals surface area contributed by atoms with Gasteiger partial charge in [0.1, 0.15) is 11.9 Å². The number of fused-ring (bicyclic) bond motifs is 1. The molecule has 19 heavy (non-hydrogen) atoms. The Balaban J connectivity index is 1.91. The van der Waals surface area contributed by atoms with Gasteiger partial charge in [-0.2, -0.15) is 0 Å². The topological polar surface area (TPSA) is 9.23 Å². The zero-order valence-corrected chi connectivity index (χ0v) is 13.0. The molecule has 1 nitrogen and oxygen atoms in total. The number of rotatable bonds is 3. The Bertz CT molecular complexity index is 589. The molecular weight excluding hydrogens is 300 g/mol. The van der Waals surface area contributed by atoms with Gasteiger partial charge >= 0.3 is 0 Å². The molecule has 3 rings (SSSR count). The fourth-order valence-electron chi connectivity index (χ4n) is 2.85. The van der Waals surface area contributed by atoms with Crippen molar-refractivity contribution < 1.29 is 4.74 Å². The number of alkyl halides is 1. The summed E-state index contributed by atoms with van der Waals surface area (Å²) in [6.45, 7) is 4.55. The maximum absolute atomic E-state index is 6.31. The van der Waals surface area contributed by atoms with Gasteiger partial charge < -0.3 is 4.74 Å². The highest BCUT2D eigenvalue weighted by Crippen LogP contribution is 2.50. The van der Waals surface area contributed by atoms with Gasteiger partial charge in [-0.15, -0.1) is 0 Å². The molecule has 3 atom stereocenters. The lowest BCUT2D eigenvalue weighted by molar-refractivity contribution is -0.0233. The van der Waals surface area contributed by atoms with Gasteiger partial charge in [0.25, 0.3) is 0 Å². The lowest BCUT2D eigenvalue weighted by Crippen LogP contribution is -2.54. The Morgan fingerprint density at radius 1 is 1.21 bits per heavy atom. The second-order valence-electron chi connectivity index (χ2n) is 5.65. The van der Waals surface area contributed by atoms with E-state index in [9.17, 15) is 0 Å². The Morgan fingerprint density at radius 2 is 1.95 bits per heavy atom. The highest BCUT2D eigenvalue weighted by molar-refractivity contribution is 9.09. The molecule has 2 aromatic rings. The predicted octanol–water partition coefficient (Wildman–Crippen LogP) is 5.17. The molecule has 2 aromatic carbocycles. The first-order valence-electron chi connectivity index (χ1n) is 6.93. The van der Waals surface area contributed by atoms with Crippen LogP contribution in [0.2, 0.25) is 0 Å². The predicted molar refractivity (Wildman–Crippen MR) is 84.1 cm³/mol. The standard InChI is InChI=1S/C17H19BrO/c1-3-17(2)15(18)11-16(17)19-14-10-6-8-12-7-4-5-9-13(12)14/h4-10,15-16H,3,11H2,1-2H3. The third-order valence-electron chi connectivity index (χ3n) is 4.65.